The lowest BCUT2D eigenvalue weighted by atomic mass is 9.97. The molecule has 2 aliphatic heterocycles. The fourth-order valence-electron chi connectivity index (χ4n) is 3.70. The lowest BCUT2D eigenvalue weighted by Crippen LogP contribution is -2.48. The summed E-state index contributed by atoms with van der Waals surface area (Å²) in [7, 11) is 0. The molecule has 2 aromatic rings. The van der Waals surface area contributed by atoms with Crippen LogP contribution in [-0.4, -0.2) is 30.6 Å². The van der Waals surface area contributed by atoms with Crippen LogP contribution in [0.4, 0.5) is 0 Å². The molecule has 122 valence electrons. The van der Waals surface area contributed by atoms with Crippen LogP contribution in [-0.2, 0) is 4.74 Å². The van der Waals surface area contributed by atoms with Crippen molar-refractivity contribution in [2.75, 3.05) is 19.7 Å². The highest BCUT2D eigenvalue weighted by Gasteiger charge is 2.31. The molecule has 2 fully saturated rings. The van der Waals surface area contributed by atoms with E-state index in [9.17, 15) is 0 Å². The van der Waals surface area contributed by atoms with Gasteiger partial charge in [-0.1, -0.05) is 61.0 Å². The molecule has 0 N–H and O–H groups in total. The maximum atomic E-state index is 6.14. The zero-order valence-electron chi connectivity index (χ0n) is 13.4. The summed E-state index contributed by atoms with van der Waals surface area (Å²) < 4.78 is 6.14. The summed E-state index contributed by atoms with van der Waals surface area (Å²) in [6, 6.07) is 20.1. The summed E-state index contributed by atoms with van der Waals surface area (Å²) in [4.78, 5) is 2.63. The predicted molar refractivity (Wildman–Crippen MR) is 100 cm³/mol. The SMILES string of the molecule is Br.c1ccc(-c2ccc(C3CN4CCCCC4CO3)cc2)cc1. The number of hydrogen-bond donors (Lipinski definition) is 0. The van der Waals surface area contributed by atoms with Crippen LogP contribution < -0.4 is 0 Å². The van der Waals surface area contributed by atoms with E-state index in [1.165, 1.54) is 42.5 Å². The van der Waals surface area contributed by atoms with E-state index >= 15 is 0 Å². The van der Waals surface area contributed by atoms with E-state index in [1.807, 2.05) is 0 Å². The molecular weight excluding hydrogens is 350 g/mol. The first-order valence-corrected chi connectivity index (χ1v) is 8.41. The third-order valence-electron chi connectivity index (χ3n) is 5.03. The van der Waals surface area contributed by atoms with Gasteiger partial charge in [0.15, 0.2) is 0 Å². The minimum Gasteiger partial charge on any atom is -0.371 e. The van der Waals surface area contributed by atoms with Gasteiger partial charge in [-0.2, -0.15) is 0 Å². The molecule has 23 heavy (non-hydrogen) atoms. The molecule has 4 rings (SSSR count). The van der Waals surface area contributed by atoms with Gasteiger partial charge in [0.1, 0.15) is 0 Å². The molecule has 0 bridgehead atoms. The van der Waals surface area contributed by atoms with Gasteiger partial charge in [-0.3, -0.25) is 4.90 Å². The monoisotopic (exact) mass is 373 g/mol. The summed E-state index contributed by atoms with van der Waals surface area (Å²) >= 11 is 0. The molecule has 0 amide bonds. The van der Waals surface area contributed by atoms with Gasteiger partial charge in [0.2, 0.25) is 0 Å². The van der Waals surface area contributed by atoms with Crippen molar-refractivity contribution >= 4 is 17.0 Å². The van der Waals surface area contributed by atoms with Crippen molar-refractivity contribution in [1.82, 2.24) is 4.90 Å². The second kappa shape index (κ2) is 7.61. The van der Waals surface area contributed by atoms with Crippen molar-refractivity contribution in [3.8, 4) is 11.1 Å². The molecule has 0 aromatic heterocycles. The van der Waals surface area contributed by atoms with Crippen molar-refractivity contribution in [2.24, 2.45) is 0 Å². The zero-order chi connectivity index (χ0) is 14.8. The van der Waals surface area contributed by atoms with Crippen LogP contribution in [0.15, 0.2) is 54.6 Å². The number of ether oxygens (including phenoxy) is 1. The van der Waals surface area contributed by atoms with Crippen molar-refractivity contribution in [3.63, 3.8) is 0 Å². The van der Waals surface area contributed by atoms with Crippen molar-refractivity contribution < 1.29 is 4.74 Å². The number of halogens is 1. The number of piperidine rings is 1. The summed E-state index contributed by atoms with van der Waals surface area (Å²) in [5.74, 6) is 0. The summed E-state index contributed by atoms with van der Waals surface area (Å²) in [6.45, 7) is 3.19. The lowest BCUT2D eigenvalue weighted by molar-refractivity contribution is -0.0766. The van der Waals surface area contributed by atoms with Gasteiger partial charge in [-0.25, -0.2) is 0 Å². The highest BCUT2D eigenvalue weighted by molar-refractivity contribution is 8.93. The topological polar surface area (TPSA) is 12.5 Å². The molecule has 2 aromatic carbocycles. The van der Waals surface area contributed by atoms with E-state index in [1.54, 1.807) is 0 Å². The third-order valence-corrected chi connectivity index (χ3v) is 5.03. The minimum atomic E-state index is 0. The third kappa shape index (κ3) is 3.68. The zero-order valence-corrected chi connectivity index (χ0v) is 15.1. The number of rotatable bonds is 2. The fraction of sp³-hybridized carbons (Fsp3) is 0.400. The normalized spacial score (nSPS) is 24.5. The van der Waals surface area contributed by atoms with Crippen LogP contribution in [0, 0.1) is 0 Å². The van der Waals surface area contributed by atoms with Gasteiger partial charge in [0.05, 0.1) is 12.7 Å². The first-order chi connectivity index (χ1) is 10.9. The molecule has 3 heteroatoms. The quantitative estimate of drug-likeness (QED) is 0.745. The van der Waals surface area contributed by atoms with E-state index in [0.29, 0.717) is 6.04 Å². The molecule has 2 saturated heterocycles. The van der Waals surface area contributed by atoms with Gasteiger partial charge < -0.3 is 4.74 Å². The van der Waals surface area contributed by atoms with Gasteiger partial charge in [0, 0.05) is 12.6 Å². The second-order valence-corrected chi connectivity index (χ2v) is 6.45. The van der Waals surface area contributed by atoms with Crippen molar-refractivity contribution in [2.45, 2.75) is 31.4 Å². The number of nitrogens with zero attached hydrogens (tertiary/aromatic N) is 1. The minimum absolute atomic E-state index is 0. The maximum Gasteiger partial charge on any atom is 0.0952 e. The van der Waals surface area contributed by atoms with E-state index < -0.39 is 0 Å². The Kier molecular flexibility index (Phi) is 5.52. The molecule has 0 saturated carbocycles. The van der Waals surface area contributed by atoms with Crippen LogP contribution in [0.1, 0.15) is 30.9 Å². The lowest BCUT2D eigenvalue weighted by Gasteiger charge is -2.42. The molecule has 2 nitrogen and oxygen atoms in total. The van der Waals surface area contributed by atoms with Crippen LogP contribution in [0.2, 0.25) is 0 Å². The van der Waals surface area contributed by atoms with E-state index in [2.05, 4.69) is 59.5 Å². The van der Waals surface area contributed by atoms with E-state index in [4.69, 9.17) is 4.74 Å². The number of morpholine rings is 1. The Labute approximate surface area is 149 Å². The van der Waals surface area contributed by atoms with Crippen molar-refractivity contribution in [1.29, 1.82) is 0 Å². The molecule has 0 radical (unpaired) electrons. The molecule has 2 unspecified atom stereocenters. The summed E-state index contributed by atoms with van der Waals surface area (Å²) in [5, 5.41) is 0. The Hall–Kier alpha value is -1.16. The molecular formula is C20H24BrNO. The Morgan fingerprint density at radius 3 is 2.39 bits per heavy atom. The molecule has 2 heterocycles. The summed E-state index contributed by atoms with van der Waals surface area (Å²) in [6.07, 6.45) is 4.25. The van der Waals surface area contributed by atoms with Gasteiger partial charge in [-0.05, 0) is 36.1 Å². The average molecular weight is 374 g/mol. The van der Waals surface area contributed by atoms with Crippen molar-refractivity contribution in [3.05, 3.63) is 60.2 Å². The molecule has 0 spiro atoms. The van der Waals surface area contributed by atoms with Gasteiger partial charge in [0.25, 0.3) is 0 Å². The maximum absolute atomic E-state index is 6.14. The first-order valence-electron chi connectivity index (χ1n) is 8.41. The molecule has 2 aliphatic rings. The standard InChI is InChI=1S/C20H23NO.BrH/c1-2-6-16(7-3-1)17-9-11-18(12-10-17)20-14-21-13-5-4-8-19(21)15-22-20;/h1-3,6-7,9-12,19-20H,4-5,8,13-15H2;1H. The first kappa shape index (κ1) is 16.7. The second-order valence-electron chi connectivity index (χ2n) is 6.45. The van der Waals surface area contributed by atoms with Gasteiger partial charge in [-0.15, -0.1) is 17.0 Å². The van der Waals surface area contributed by atoms with E-state index in [0.717, 1.165) is 13.2 Å². The molecule has 0 aliphatic carbocycles. The predicted octanol–water partition coefficient (Wildman–Crippen LogP) is 4.86. The van der Waals surface area contributed by atoms with Crippen LogP contribution in [0.25, 0.3) is 11.1 Å². The highest BCUT2D eigenvalue weighted by atomic mass is 79.9. The number of hydrogen-bond acceptors (Lipinski definition) is 2. The molecule has 2 atom stereocenters. The van der Waals surface area contributed by atoms with Crippen LogP contribution >= 0.6 is 17.0 Å². The van der Waals surface area contributed by atoms with Crippen LogP contribution in [0.3, 0.4) is 0 Å². The summed E-state index contributed by atoms with van der Waals surface area (Å²) in [5.41, 5.74) is 3.86. The number of fused-ring (bicyclic) bond motifs is 1. The highest BCUT2D eigenvalue weighted by Crippen LogP contribution is 2.30. The Balaban J connectivity index is 0.00000156. The Bertz CT molecular complexity index is 613. The van der Waals surface area contributed by atoms with Crippen LogP contribution in [0.5, 0.6) is 0 Å². The fourth-order valence-corrected chi connectivity index (χ4v) is 3.70. The smallest absolute Gasteiger partial charge is 0.0952 e. The number of benzene rings is 2. The Morgan fingerprint density at radius 2 is 1.61 bits per heavy atom. The largest absolute Gasteiger partial charge is 0.371 e. The Morgan fingerprint density at radius 1 is 0.870 bits per heavy atom. The van der Waals surface area contributed by atoms with E-state index in [-0.39, 0.29) is 23.1 Å². The van der Waals surface area contributed by atoms with Gasteiger partial charge >= 0.3 is 0 Å². The average Bonchev–Trinajstić information content (AvgIpc) is 2.62.